The summed E-state index contributed by atoms with van der Waals surface area (Å²) in [5.74, 6) is 0. The maximum atomic E-state index is 5.25. The van der Waals surface area contributed by atoms with Gasteiger partial charge in [-0.2, -0.15) is 0 Å². The molecule has 0 N–H and O–H groups in total. The number of hydrogen-bond acceptors (Lipinski definition) is 2. The van der Waals surface area contributed by atoms with Crippen molar-refractivity contribution in [2.24, 2.45) is 0 Å². The Morgan fingerprint density at radius 2 is 1.41 bits per heavy atom. The summed E-state index contributed by atoms with van der Waals surface area (Å²) in [6.45, 7) is 16.4. The van der Waals surface area contributed by atoms with Gasteiger partial charge in [-0.15, -0.1) is 11.3 Å². The number of fused-ring (bicyclic) bond motifs is 1. The Hall–Kier alpha value is -0.890. The normalized spacial score (nSPS) is 14.4. The molecule has 2 rings (SSSR count). The maximum absolute atomic E-state index is 5.25. The van der Waals surface area contributed by atoms with Crippen LogP contribution in [0.25, 0.3) is 10.2 Å². The fraction of sp³-hybridized carbons (Fsp3) is 0.741. The molecule has 0 spiro atoms. The van der Waals surface area contributed by atoms with E-state index in [0.717, 1.165) is 6.42 Å². The molecule has 0 aliphatic rings. The van der Waals surface area contributed by atoms with E-state index in [4.69, 9.17) is 4.98 Å². The van der Waals surface area contributed by atoms with Crippen LogP contribution in [0.3, 0.4) is 0 Å². The highest BCUT2D eigenvalue weighted by molar-refractivity contribution is 7.18. The Morgan fingerprint density at radius 3 is 2.03 bits per heavy atom. The van der Waals surface area contributed by atoms with E-state index in [1.54, 1.807) is 0 Å². The van der Waals surface area contributed by atoms with Crippen LogP contribution in [0.1, 0.15) is 128 Å². The van der Waals surface area contributed by atoms with E-state index in [1.165, 1.54) is 90.6 Å². The fourth-order valence-corrected chi connectivity index (χ4v) is 5.56. The zero-order valence-corrected chi connectivity index (χ0v) is 21.1. The maximum Gasteiger partial charge on any atom is 0.0997 e. The van der Waals surface area contributed by atoms with Crippen molar-refractivity contribution in [3.05, 3.63) is 28.3 Å². The van der Waals surface area contributed by atoms with Gasteiger partial charge in [0.25, 0.3) is 0 Å². The summed E-state index contributed by atoms with van der Waals surface area (Å²) in [4.78, 5) is 5.25. The highest BCUT2D eigenvalue weighted by Crippen LogP contribution is 2.41. The molecule has 1 atom stereocenters. The lowest BCUT2D eigenvalue weighted by Gasteiger charge is -2.27. The minimum atomic E-state index is 0.229. The van der Waals surface area contributed by atoms with Gasteiger partial charge in [0.05, 0.1) is 15.2 Å². The first-order valence-electron chi connectivity index (χ1n) is 12.2. The van der Waals surface area contributed by atoms with Crippen LogP contribution in [0, 0.1) is 6.92 Å². The van der Waals surface area contributed by atoms with Gasteiger partial charge in [-0.3, -0.25) is 0 Å². The van der Waals surface area contributed by atoms with Crippen LogP contribution in [-0.4, -0.2) is 4.98 Å². The van der Waals surface area contributed by atoms with Crippen molar-refractivity contribution in [3.8, 4) is 0 Å². The van der Waals surface area contributed by atoms with Crippen LogP contribution in [-0.2, 0) is 10.8 Å². The molecule has 0 aliphatic carbocycles. The monoisotopic (exact) mass is 415 g/mol. The van der Waals surface area contributed by atoms with Crippen molar-refractivity contribution in [3.63, 3.8) is 0 Å². The molecule has 164 valence electrons. The number of aryl methyl sites for hydroxylation is 1. The number of benzene rings is 1. The SMILES string of the molecule is CCCCCCCC(C)(CCCCC)c1nc2c(C)cc(C(C)(C)CC)cc2s1. The number of unbranched alkanes of at least 4 members (excludes halogenated alkanes) is 6. The summed E-state index contributed by atoms with van der Waals surface area (Å²) in [5, 5.41) is 1.38. The first-order chi connectivity index (χ1) is 13.8. The van der Waals surface area contributed by atoms with Gasteiger partial charge in [0.2, 0.25) is 0 Å². The molecule has 0 bridgehead atoms. The van der Waals surface area contributed by atoms with Gasteiger partial charge in [0.1, 0.15) is 0 Å². The first-order valence-corrected chi connectivity index (χ1v) is 13.0. The average molecular weight is 416 g/mol. The molecule has 1 nitrogen and oxygen atoms in total. The minimum Gasteiger partial charge on any atom is -0.240 e. The van der Waals surface area contributed by atoms with Gasteiger partial charge in [-0.25, -0.2) is 4.98 Å². The molecule has 2 heteroatoms. The molecular formula is C27H45NS. The van der Waals surface area contributed by atoms with Crippen molar-refractivity contribution >= 4 is 21.6 Å². The van der Waals surface area contributed by atoms with E-state index in [0.29, 0.717) is 0 Å². The van der Waals surface area contributed by atoms with Crippen molar-refractivity contribution in [2.45, 2.75) is 130 Å². The minimum absolute atomic E-state index is 0.229. The van der Waals surface area contributed by atoms with Crippen molar-refractivity contribution in [2.75, 3.05) is 0 Å². The summed E-state index contributed by atoms with van der Waals surface area (Å²) >= 11 is 1.97. The molecular weight excluding hydrogens is 370 g/mol. The largest absolute Gasteiger partial charge is 0.240 e. The topological polar surface area (TPSA) is 12.9 Å². The summed E-state index contributed by atoms with van der Waals surface area (Å²) in [6, 6.07) is 4.81. The molecule has 1 aromatic heterocycles. The molecule has 0 radical (unpaired) electrons. The van der Waals surface area contributed by atoms with Crippen LogP contribution < -0.4 is 0 Å². The number of hydrogen-bond donors (Lipinski definition) is 0. The van der Waals surface area contributed by atoms with E-state index in [-0.39, 0.29) is 10.8 Å². The van der Waals surface area contributed by atoms with Gasteiger partial charge in [0, 0.05) is 5.41 Å². The predicted molar refractivity (Wildman–Crippen MR) is 133 cm³/mol. The van der Waals surface area contributed by atoms with Gasteiger partial charge >= 0.3 is 0 Å². The summed E-state index contributed by atoms with van der Waals surface area (Å²) in [5.41, 5.74) is 4.52. The Kier molecular flexibility index (Phi) is 9.19. The molecule has 2 aromatic rings. The zero-order valence-electron chi connectivity index (χ0n) is 20.3. The van der Waals surface area contributed by atoms with Gasteiger partial charge in [0.15, 0.2) is 0 Å². The number of aromatic nitrogens is 1. The fourth-order valence-electron chi connectivity index (χ4n) is 4.27. The van der Waals surface area contributed by atoms with Crippen LogP contribution in [0.4, 0.5) is 0 Å². The third-order valence-electron chi connectivity index (χ3n) is 7.03. The molecule has 0 fully saturated rings. The summed E-state index contributed by atoms with van der Waals surface area (Å²) < 4.78 is 1.39. The molecule has 0 saturated carbocycles. The number of rotatable bonds is 13. The first kappa shape index (κ1) is 24.4. The second-order valence-electron chi connectivity index (χ2n) is 10.1. The molecule has 1 unspecified atom stereocenters. The third-order valence-corrected chi connectivity index (χ3v) is 8.34. The Labute approximate surface area is 184 Å². The van der Waals surface area contributed by atoms with E-state index < -0.39 is 0 Å². The highest BCUT2D eigenvalue weighted by Gasteiger charge is 2.30. The second-order valence-corrected chi connectivity index (χ2v) is 11.1. The molecule has 1 heterocycles. The van der Waals surface area contributed by atoms with Gasteiger partial charge in [-0.1, -0.05) is 99.0 Å². The third kappa shape index (κ3) is 6.29. The van der Waals surface area contributed by atoms with E-state index in [1.807, 2.05) is 11.3 Å². The lowest BCUT2D eigenvalue weighted by Crippen LogP contribution is -2.22. The van der Waals surface area contributed by atoms with Crippen molar-refractivity contribution < 1.29 is 0 Å². The van der Waals surface area contributed by atoms with Crippen LogP contribution >= 0.6 is 11.3 Å². The highest BCUT2D eigenvalue weighted by atomic mass is 32.1. The summed E-state index contributed by atoms with van der Waals surface area (Å²) in [7, 11) is 0. The average Bonchev–Trinajstić information content (AvgIpc) is 3.14. The number of nitrogens with zero attached hydrogens (tertiary/aromatic N) is 1. The smallest absolute Gasteiger partial charge is 0.0997 e. The summed E-state index contributed by atoms with van der Waals surface area (Å²) in [6.07, 6.45) is 14.5. The molecule has 0 aliphatic heterocycles. The van der Waals surface area contributed by atoms with E-state index in [2.05, 4.69) is 60.6 Å². The zero-order chi connectivity index (χ0) is 21.5. The Balaban J connectivity index is 2.32. The standard InChI is InChI=1S/C27H45NS/c1-8-11-13-14-16-18-27(7,17-15-12-9-2)25-28-24-21(4)19-22(20-23(24)29-25)26(5,6)10-3/h19-20H,8-18H2,1-7H3. The lowest BCUT2D eigenvalue weighted by atomic mass is 9.80. The number of thiazole rings is 1. The van der Waals surface area contributed by atoms with E-state index >= 15 is 0 Å². The van der Waals surface area contributed by atoms with Crippen LogP contribution in [0.2, 0.25) is 0 Å². The molecule has 1 aromatic carbocycles. The Bertz CT molecular complexity index is 757. The van der Waals surface area contributed by atoms with Gasteiger partial charge in [-0.05, 0) is 48.8 Å². The quantitative estimate of drug-likeness (QED) is 0.297. The lowest BCUT2D eigenvalue weighted by molar-refractivity contribution is 0.364. The molecule has 0 saturated heterocycles. The van der Waals surface area contributed by atoms with Crippen molar-refractivity contribution in [1.82, 2.24) is 4.98 Å². The van der Waals surface area contributed by atoms with E-state index in [9.17, 15) is 0 Å². The van der Waals surface area contributed by atoms with Crippen LogP contribution in [0.15, 0.2) is 12.1 Å². The second kappa shape index (κ2) is 10.9. The predicted octanol–water partition coefficient (Wildman–Crippen LogP) is 9.49. The molecule has 29 heavy (non-hydrogen) atoms. The van der Waals surface area contributed by atoms with Crippen LogP contribution in [0.5, 0.6) is 0 Å². The van der Waals surface area contributed by atoms with Crippen molar-refractivity contribution in [1.29, 1.82) is 0 Å². The molecule has 0 amide bonds. The van der Waals surface area contributed by atoms with Gasteiger partial charge < -0.3 is 0 Å². The Morgan fingerprint density at radius 1 is 0.828 bits per heavy atom.